The molecule has 1 saturated carbocycles. The number of carbonyl (C=O) groups is 1. The average molecular weight is 367 g/mol. The van der Waals surface area contributed by atoms with Gasteiger partial charge in [0, 0.05) is 37.7 Å². The maximum atomic E-state index is 12.2. The van der Waals surface area contributed by atoms with Crippen LogP contribution in [0.4, 0.5) is 0 Å². The zero-order valence-electron chi connectivity index (χ0n) is 12.3. The number of nitrogens with zero attached hydrogens (tertiary/aromatic N) is 2. The van der Waals surface area contributed by atoms with Crippen LogP contribution in [0.5, 0.6) is 0 Å². The van der Waals surface area contributed by atoms with E-state index in [4.69, 9.17) is 17.3 Å². The number of amides is 1. The standard InChI is InChI=1S/C15H20ClN3O.2ClH/c16-13-3-1-2-12(10-13)11-18-6-8-19(9-7-18)14(20)15(17)4-5-15;;/h1-3,10H,4-9,11,17H2;2*1H. The van der Waals surface area contributed by atoms with Crippen LogP contribution in [-0.2, 0) is 11.3 Å². The summed E-state index contributed by atoms with van der Waals surface area (Å²) in [5.41, 5.74) is 6.66. The van der Waals surface area contributed by atoms with Crippen molar-refractivity contribution in [2.45, 2.75) is 24.9 Å². The van der Waals surface area contributed by atoms with E-state index in [1.54, 1.807) is 0 Å². The summed E-state index contributed by atoms with van der Waals surface area (Å²) >= 11 is 6.00. The minimum absolute atomic E-state index is 0. The highest BCUT2D eigenvalue weighted by atomic mass is 35.5. The van der Waals surface area contributed by atoms with Crippen LogP contribution in [0.1, 0.15) is 18.4 Å². The zero-order chi connectivity index (χ0) is 14.2. The van der Waals surface area contributed by atoms with Crippen molar-refractivity contribution >= 4 is 42.3 Å². The first-order chi connectivity index (χ1) is 9.57. The molecule has 0 atom stereocenters. The van der Waals surface area contributed by atoms with Gasteiger partial charge in [-0.05, 0) is 30.5 Å². The highest BCUT2D eigenvalue weighted by Crippen LogP contribution is 2.34. The first-order valence-corrected chi connectivity index (χ1v) is 7.50. The summed E-state index contributed by atoms with van der Waals surface area (Å²) in [6, 6.07) is 7.95. The minimum atomic E-state index is -0.533. The summed E-state index contributed by atoms with van der Waals surface area (Å²) in [7, 11) is 0. The second kappa shape index (κ2) is 7.84. The summed E-state index contributed by atoms with van der Waals surface area (Å²) in [5.74, 6) is 0.139. The van der Waals surface area contributed by atoms with Gasteiger partial charge in [-0.25, -0.2) is 0 Å². The van der Waals surface area contributed by atoms with Crippen molar-refractivity contribution in [1.82, 2.24) is 9.80 Å². The number of benzene rings is 1. The quantitative estimate of drug-likeness (QED) is 0.893. The molecule has 1 aromatic carbocycles. The highest BCUT2D eigenvalue weighted by Gasteiger charge is 2.48. The maximum Gasteiger partial charge on any atom is 0.242 e. The molecule has 1 aliphatic carbocycles. The van der Waals surface area contributed by atoms with E-state index in [-0.39, 0.29) is 30.7 Å². The molecular weight excluding hydrogens is 345 g/mol. The van der Waals surface area contributed by atoms with E-state index in [2.05, 4.69) is 11.0 Å². The van der Waals surface area contributed by atoms with E-state index in [0.717, 1.165) is 50.6 Å². The Morgan fingerprint density at radius 1 is 1.18 bits per heavy atom. The molecule has 2 fully saturated rings. The normalized spacial score (nSPS) is 19.8. The first-order valence-electron chi connectivity index (χ1n) is 7.12. The maximum absolute atomic E-state index is 12.2. The van der Waals surface area contributed by atoms with Gasteiger partial charge in [-0.3, -0.25) is 9.69 Å². The molecule has 0 spiro atoms. The van der Waals surface area contributed by atoms with Crippen LogP contribution in [0.15, 0.2) is 24.3 Å². The van der Waals surface area contributed by atoms with Crippen molar-refractivity contribution in [3.63, 3.8) is 0 Å². The molecule has 0 bridgehead atoms. The number of hydrogen-bond donors (Lipinski definition) is 1. The largest absolute Gasteiger partial charge is 0.339 e. The van der Waals surface area contributed by atoms with E-state index < -0.39 is 5.54 Å². The molecule has 1 amide bonds. The lowest BCUT2D eigenvalue weighted by molar-refractivity contribution is -0.135. The minimum Gasteiger partial charge on any atom is -0.339 e. The van der Waals surface area contributed by atoms with E-state index >= 15 is 0 Å². The van der Waals surface area contributed by atoms with Gasteiger partial charge in [0.05, 0.1) is 5.54 Å². The van der Waals surface area contributed by atoms with Gasteiger partial charge < -0.3 is 10.6 Å². The lowest BCUT2D eigenvalue weighted by Crippen LogP contribution is -2.53. The Morgan fingerprint density at radius 2 is 1.82 bits per heavy atom. The Balaban J connectivity index is 0.00000121. The second-order valence-electron chi connectivity index (χ2n) is 5.85. The van der Waals surface area contributed by atoms with Crippen LogP contribution in [0.2, 0.25) is 5.02 Å². The lowest BCUT2D eigenvalue weighted by Gasteiger charge is -2.36. The molecule has 2 aliphatic rings. The van der Waals surface area contributed by atoms with Crippen LogP contribution in [0.25, 0.3) is 0 Å². The summed E-state index contributed by atoms with van der Waals surface area (Å²) < 4.78 is 0. The third kappa shape index (κ3) is 4.49. The Hall–Kier alpha value is -0.520. The van der Waals surface area contributed by atoms with Gasteiger partial charge in [0.2, 0.25) is 5.91 Å². The smallest absolute Gasteiger partial charge is 0.242 e. The molecule has 0 aromatic heterocycles. The molecule has 3 rings (SSSR count). The Bertz CT molecular complexity index is 515. The van der Waals surface area contributed by atoms with Crippen molar-refractivity contribution in [3.8, 4) is 0 Å². The zero-order valence-corrected chi connectivity index (χ0v) is 14.7. The van der Waals surface area contributed by atoms with Crippen LogP contribution in [0, 0.1) is 0 Å². The first kappa shape index (κ1) is 19.5. The molecule has 124 valence electrons. The Labute approximate surface area is 148 Å². The van der Waals surface area contributed by atoms with Gasteiger partial charge in [0.25, 0.3) is 0 Å². The van der Waals surface area contributed by atoms with Gasteiger partial charge in [-0.2, -0.15) is 0 Å². The van der Waals surface area contributed by atoms with Crippen molar-refractivity contribution in [1.29, 1.82) is 0 Å². The van der Waals surface area contributed by atoms with Crippen molar-refractivity contribution in [2.75, 3.05) is 26.2 Å². The lowest BCUT2D eigenvalue weighted by atomic mass is 10.1. The van der Waals surface area contributed by atoms with Crippen LogP contribution >= 0.6 is 36.4 Å². The number of rotatable bonds is 3. The third-order valence-electron chi connectivity index (χ3n) is 4.17. The molecule has 1 aliphatic heterocycles. The number of hydrogen-bond acceptors (Lipinski definition) is 3. The topological polar surface area (TPSA) is 49.6 Å². The number of halogens is 3. The van der Waals surface area contributed by atoms with E-state index in [9.17, 15) is 4.79 Å². The molecule has 0 unspecified atom stereocenters. The molecule has 0 radical (unpaired) electrons. The molecular formula is C15H22Cl3N3O. The predicted molar refractivity (Wildman–Crippen MR) is 94.0 cm³/mol. The highest BCUT2D eigenvalue weighted by molar-refractivity contribution is 6.30. The van der Waals surface area contributed by atoms with E-state index in [1.807, 2.05) is 23.1 Å². The fourth-order valence-corrected chi connectivity index (χ4v) is 2.88. The van der Waals surface area contributed by atoms with Gasteiger partial charge in [0.15, 0.2) is 0 Å². The van der Waals surface area contributed by atoms with Crippen LogP contribution < -0.4 is 5.73 Å². The molecule has 22 heavy (non-hydrogen) atoms. The summed E-state index contributed by atoms with van der Waals surface area (Å²) in [6.07, 6.45) is 1.68. The van der Waals surface area contributed by atoms with Crippen LogP contribution in [-0.4, -0.2) is 47.4 Å². The average Bonchev–Trinajstić information content (AvgIpc) is 3.18. The van der Waals surface area contributed by atoms with Gasteiger partial charge >= 0.3 is 0 Å². The number of carbonyl (C=O) groups excluding carboxylic acids is 1. The van der Waals surface area contributed by atoms with Crippen LogP contribution in [0.3, 0.4) is 0 Å². The van der Waals surface area contributed by atoms with E-state index in [1.165, 1.54) is 5.56 Å². The van der Waals surface area contributed by atoms with Gasteiger partial charge in [0.1, 0.15) is 0 Å². The van der Waals surface area contributed by atoms with Crippen molar-refractivity contribution in [2.24, 2.45) is 5.73 Å². The van der Waals surface area contributed by atoms with E-state index in [0.29, 0.717) is 0 Å². The summed E-state index contributed by atoms with van der Waals surface area (Å²) in [4.78, 5) is 16.4. The van der Waals surface area contributed by atoms with Crippen molar-refractivity contribution in [3.05, 3.63) is 34.9 Å². The van der Waals surface area contributed by atoms with Gasteiger partial charge in [-0.1, -0.05) is 23.7 Å². The molecule has 7 heteroatoms. The predicted octanol–water partition coefficient (Wildman–Crippen LogP) is 2.32. The second-order valence-corrected chi connectivity index (χ2v) is 6.29. The number of piperazine rings is 1. The molecule has 1 aromatic rings. The Morgan fingerprint density at radius 3 is 2.36 bits per heavy atom. The molecule has 4 nitrogen and oxygen atoms in total. The van der Waals surface area contributed by atoms with Gasteiger partial charge in [-0.15, -0.1) is 24.8 Å². The third-order valence-corrected chi connectivity index (χ3v) is 4.40. The molecule has 1 heterocycles. The monoisotopic (exact) mass is 365 g/mol. The fourth-order valence-electron chi connectivity index (χ4n) is 2.67. The Kier molecular flexibility index (Phi) is 6.96. The van der Waals surface area contributed by atoms with Crippen molar-refractivity contribution < 1.29 is 4.79 Å². The molecule has 2 N–H and O–H groups in total. The number of nitrogens with two attached hydrogens (primary N) is 1. The molecule has 1 saturated heterocycles. The summed E-state index contributed by atoms with van der Waals surface area (Å²) in [5, 5.41) is 0.773. The fraction of sp³-hybridized carbons (Fsp3) is 0.533. The summed E-state index contributed by atoms with van der Waals surface area (Å²) in [6.45, 7) is 4.23. The SMILES string of the molecule is Cl.Cl.NC1(C(=O)N2CCN(Cc3cccc(Cl)c3)CC2)CC1.